The molecular formula is C14H8BrCl2FO2. The van der Waals surface area contributed by atoms with Crippen molar-refractivity contribution < 1.29 is 13.9 Å². The lowest BCUT2D eigenvalue weighted by Crippen LogP contribution is -2.06. The van der Waals surface area contributed by atoms with Gasteiger partial charge in [0.15, 0.2) is 5.78 Å². The molecule has 0 heterocycles. The Kier molecular flexibility index (Phi) is 4.68. The summed E-state index contributed by atoms with van der Waals surface area (Å²) in [5.74, 6) is -0.835. The molecular weight excluding hydrogens is 370 g/mol. The molecule has 0 aliphatic carbocycles. The summed E-state index contributed by atoms with van der Waals surface area (Å²) in [5, 5.41) is 0.374. The van der Waals surface area contributed by atoms with Gasteiger partial charge in [-0.1, -0.05) is 29.3 Å². The lowest BCUT2D eigenvalue weighted by atomic mass is 10.0. The van der Waals surface area contributed by atoms with Crippen LogP contribution in [0.4, 0.5) is 4.39 Å². The molecule has 104 valence electrons. The Bertz CT molecular complexity index is 669. The molecule has 0 bridgehead atoms. The van der Waals surface area contributed by atoms with Gasteiger partial charge in [0.2, 0.25) is 0 Å². The lowest BCUT2D eigenvalue weighted by Gasteiger charge is -2.10. The van der Waals surface area contributed by atoms with Crippen molar-refractivity contribution in [2.75, 3.05) is 7.11 Å². The molecule has 0 radical (unpaired) electrons. The van der Waals surface area contributed by atoms with Gasteiger partial charge >= 0.3 is 0 Å². The van der Waals surface area contributed by atoms with Gasteiger partial charge in [-0.15, -0.1) is 0 Å². The molecule has 2 aromatic rings. The van der Waals surface area contributed by atoms with Crippen molar-refractivity contribution in [3.63, 3.8) is 0 Å². The molecule has 0 aliphatic heterocycles. The van der Waals surface area contributed by atoms with Gasteiger partial charge in [-0.05, 0) is 34.1 Å². The van der Waals surface area contributed by atoms with Crippen LogP contribution in [-0.4, -0.2) is 12.9 Å². The van der Waals surface area contributed by atoms with E-state index in [0.29, 0.717) is 10.2 Å². The first-order valence-electron chi connectivity index (χ1n) is 5.47. The number of methoxy groups -OCH3 is 1. The van der Waals surface area contributed by atoms with E-state index in [4.69, 9.17) is 27.9 Å². The highest BCUT2D eigenvalue weighted by atomic mass is 79.9. The fraction of sp³-hybridized carbons (Fsp3) is 0.0714. The Hall–Kier alpha value is -1.10. The van der Waals surface area contributed by atoms with Crippen molar-refractivity contribution >= 4 is 44.9 Å². The Labute approximate surface area is 133 Å². The molecule has 0 atom stereocenters. The number of carbonyl (C=O) groups excluding carboxylic acids is 1. The van der Waals surface area contributed by atoms with E-state index in [9.17, 15) is 9.18 Å². The normalized spacial score (nSPS) is 10.4. The third kappa shape index (κ3) is 2.82. The summed E-state index contributed by atoms with van der Waals surface area (Å²) in [6, 6.07) is 7.07. The maximum atomic E-state index is 13.8. The first kappa shape index (κ1) is 15.3. The highest BCUT2D eigenvalue weighted by Crippen LogP contribution is 2.33. The van der Waals surface area contributed by atoms with Crippen LogP contribution in [0.1, 0.15) is 15.9 Å². The van der Waals surface area contributed by atoms with Crippen LogP contribution in [0.15, 0.2) is 34.8 Å². The molecule has 0 N–H and O–H groups in total. The van der Waals surface area contributed by atoms with Crippen LogP contribution in [-0.2, 0) is 0 Å². The molecule has 0 saturated heterocycles. The number of rotatable bonds is 3. The third-order valence-electron chi connectivity index (χ3n) is 2.68. The zero-order valence-electron chi connectivity index (χ0n) is 10.2. The van der Waals surface area contributed by atoms with Gasteiger partial charge in [0.05, 0.1) is 22.7 Å². The molecule has 20 heavy (non-hydrogen) atoms. The van der Waals surface area contributed by atoms with Gasteiger partial charge in [0.1, 0.15) is 11.6 Å². The number of halogens is 4. The molecule has 6 heteroatoms. The van der Waals surface area contributed by atoms with Crippen LogP contribution in [0, 0.1) is 5.82 Å². The first-order valence-corrected chi connectivity index (χ1v) is 7.02. The molecule has 0 unspecified atom stereocenters. The summed E-state index contributed by atoms with van der Waals surface area (Å²) >= 11 is 15.2. The zero-order valence-corrected chi connectivity index (χ0v) is 13.3. The zero-order chi connectivity index (χ0) is 14.9. The van der Waals surface area contributed by atoms with E-state index in [0.717, 1.165) is 0 Å². The Morgan fingerprint density at radius 2 is 1.95 bits per heavy atom. The van der Waals surface area contributed by atoms with Gasteiger partial charge in [-0.25, -0.2) is 4.39 Å². The molecule has 0 spiro atoms. The minimum absolute atomic E-state index is 0.0874. The number of hydrogen-bond donors (Lipinski definition) is 0. The molecule has 0 aliphatic rings. The second-order valence-corrected chi connectivity index (χ2v) is 5.56. The lowest BCUT2D eigenvalue weighted by molar-refractivity contribution is 0.103. The minimum atomic E-state index is -0.632. The van der Waals surface area contributed by atoms with Gasteiger partial charge in [0.25, 0.3) is 0 Å². The second-order valence-electron chi connectivity index (χ2n) is 3.89. The summed E-state index contributed by atoms with van der Waals surface area (Å²) in [4.78, 5) is 12.4. The number of ketones is 1. The van der Waals surface area contributed by atoms with E-state index in [2.05, 4.69) is 15.9 Å². The quantitative estimate of drug-likeness (QED) is 0.692. The monoisotopic (exact) mass is 376 g/mol. The summed E-state index contributed by atoms with van der Waals surface area (Å²) in [5.41, 5.74) is 0.0268. The van der Waals surface area contributed by atoms with Crippen LogP contribution in [0.2, 0.25) is 10.0 Å². The van der Waals surface area contributed by atoms with Crippen molar-refractivity contribution in [2.24, 2.45) is 0 Å². The maximum Gasteiger partial charge on any atom is 0.198 e. The van der Waals surface area contributed by atoms with Gasteiger partial charge in [-0.3, -0.25) is 4.79 Å². The summed E-state index contributed by atoms with van der Waals surface area (Å²) in [7, 11) is 1.44. The van der Waals surface area contributed by atoms with Crippen molar-refractivity contribution in [2.45, 2.75) is 0 Å². The smallest absolute Gasteiger partial charge is 0.198 e. The average Bonchev–Trinajstić information content (AvgIpc) is 2.40. The van der Waals surface area contributed by atoms with Gasteiger partial charge < -0.3 is 4.74 Å². The molecule has 0 amide bonds. The standard InChI is InChI=1S/C14H8BrCl2FO2/c1-20-12-6-9(16)7(5-10(12)17)14(19)13-8(15)3-2-4-11(13)18/h2-6H,1H3. The largest absolute Gasteiger partial charge is 0.495 e. The second kappa shape index (κ2) is 6.12. The van der Waals surface area contributed by atoms with E-state index < -0.39 is 11.6 Å². The molecule has 0 aromatic heterocycles. The fourth-order valence-electron chi connectivity index (χ4n) is 1.71. The number of benzene rings is 2. The molecule has 0 fully saturated rings. The fourth-order valence-corrected chi connectivity index (χ4v) is 2.71. The highest BCUT2D eigenvalue weighted by Gasteiger charge is 2.21. The predicted molar refractivity (Wildman–Crippen MR) is 80.5 cm³/mol. The average molecular weight is 378 g/mol. The van der Waals surface area contributed by atoms with Crippen LogP contribution < -0.4 is 4.74 Å². The van der Waals surface area contributed by atoms with E-state index >= 15 is 0 Å². The van der Waals surface area contributed by atoms with Crippen molar-refractivity contribution in [3.05, 3.63) is 61.8 Å². The Morgan fingerprint density at radius 1 is 1.25 bits per heavy atom. The number of hydrogen-bond acceptors (Lipinski definition) is 2. The van der Waals surface area contributed by atoms with Crippen LogP contribution in [0.3, 0.4) is 0 Å². The Morgan fingerprint density at radius 3 is 2.55 bits per heavy atom. The third-order valence-corrected chi connectivity index (χ3v) is 3.94. The van der Waals surface area contributed by atoms with E-state index in [-0.39, 0.29) is 21.2 Å². The van der Waals surface area contributed by atoms with Crippen LogP contribution in [0.5, 0.6) is 5.75 Å². The SMILES string of the molecule is COc1cc(Cl)c(C(=O)c2c(F)cccc2Br)cc1Cl. The molecule has 2 rings (SSSR count). The molecule has 2 nitrogen and oxygen atoms in total. The minimum Gasteiger partial charge on any atom is -0.495 e. The summed E-state index contributed by atoms with van der Waals surface area (Å²) in [6.07, 6.45) is 0. The summed E-state index contributed by atoms with van der Waals surface area (Å²) in [6.45, 7) is 0. The topological polar surface area (TPSA) is 26.3 Å². The highest BCUT2D eigenvalue weighted by molar-refractivity contribution is 9.10. The first-order chi connectivity index (χ1) is 9.45. The predicted octanol–water partition coefficient (Wildman–Crippen LogP) is 5.13. The molecule has 2 aromatic carbocycles. The maximum absolute atomic E-state index is 13.8. The van der Waals surface area contributed by atoms with E-state index in [1.165, 1.54) is 31.4 Å². The number of carbonyl (C=O) groups is 1. The van der Waals surface area contributed by atoms with Gasteiger partial charge in [-0.2, -0.15) is 0 Å². The molecule has 0 saturated carbocycles. The van der Waals surface area contributed by atoms with E-state index in [1.807, 2.05) is 0 Å². The number of ether oxygens (including phenoxy) is 1. The van der Waals surface area contributed by atoms with Gasteiger partial charge in [0, 0.05) is 16.1 Å². The van der Waals surface area contributed by atoms with Crippen molar-refractivity contribution in [1.82, 2.24) is 0 Å². The van der Waals surface area contributed by atoms with Crippen LogP contribution >= 0.6 is 39.1 Å². The van der Waals surface area contributed by atoms with E-state index in [1.54, 1.807) is 6.07 Å². The van der Waals surface area contributed by atoms with Crippen molar-refractivity contribution in [3.8, 4) is 5.75 Å². The van der Waals surface area contributed by atoms with Crippen LogP contribution in [0.25, 0.3) is 0 Å². The summed E-state index contributed by atoms with van der Waals surface area (Å²) < 4.78 is 19.2. The van der Waals surface area contributed by atoms with Crippen molar-refractivity contribution in [1.29, 1.82) is 0 Å². The Balaban J connectivity index is 2.57.